The Morgan fingerprint density at radius 2 is 1.75 bits per heavy atom. The molecule has 0 unspecified atom stereocenters. The van der Waals surface area contributed by atoms with Gasteiger partial charge in [-0.05, 0) is 48.2 Å². The molecule has 4 rings (SSSR count). The number of carbonyl (C=O) groups is 2. The molecular formula is C25H24N2O5. The molecule has 0 aliphatic carbocycles. The first-order chi connectivity index (χ1) is 15.3. The van der Waals surface area contributed by atoms with Crippen LogP contribution in [0.1, 0.15) is 48.3 Å². The number of ether oxygens (including phenoxy) is 1. The second-order valence-electron chi connectivity index (χ2n) is 8.01. The number of aromatic nitrogens is 1. The Bertz CT molecular complexity index is 1190. The van der Waals surface area contributed by atoms with Crippen LogP contribution in [0.25, 0.3) is 5.76 Å². The minimum absolute atomic E-state index is 0.00174. The maximum absolute atomic E-state index is 13.1. The number of aliphatic hydroxyl groups is 1. The van der Waals surface area contributed by atoms with Gasteiger partial charge in [0.05, 0.1) is 18.7 Å². The van der Waals surface area contributed by atoms with Gasteiger partial charge in [0.15, 0.2) is 5.82 Å². The third-order valence-electron chi connectivity index (χ3n) is 5.59. The van der Waals surface area contributed by atoms with Gasteiger partial charge in [-0.3, -0.25) is 14.5 Å². The van der Waals surface area contributed by atoms with Crippen LogP contribution in [0.2, 0.25) is 0 Å². The Kier molecular flexibility index (Phi) is 5.57. The molecule has 7 nitrogen and oxygen atoms in total. The van der Waals surface area contributed by atoms with E-state index in [0.717, 1.165) is 5.56 Å². The zero-order valence-electron chi connectivity index (χ0n) is 18.3. The summed E-state index contributed by atoms with van der Waals surface area (Å²) in [4.78, 5) is 27.4. The highest BCUT2D eigenvalue weighted by molar-refractivity contribution is 6.51. The average molecular weight is 432 g/mol. The molecule has 32 heavy (non-hydrogen) atoms. The van der Waals surface area contributed by atoms with Crippen LogP contribution in [0.15, 0.2) is 64.7 Å². The predicted octanol–water partition coefficient (Wildman–Crippen LogP) is 4.74. The number of methoxy groups -OCH3 is 1. The molecule has 1 amide bonds. The summed E-state index contributed by atoms with van der Waals surface area (Å²) < 4.78 is 10.3. The Morgan fingerprint density at radius 3 is 2.28 bits per heavy atom. The van der Waals surface area contributed by atoms with Crippen molar-refractivity contribution in [3.05, 3.63) is 82.6 Å². The van der Waals surface area contributed by atoms with E-state index < -0.39 is 17.7 Å². The van der Waals surface area contributed by atoms with Crippen LogP contribution in [0.4, 0.5) is 5.82 Å². The van der Waals surface area contributed by atoms with Gasteiger partial charge in [-0.25, -0.2) is 0 Å². The number of carbonyl (C=O) groups excluding carboxylic acids is 2. The standard InChI is InChI=1S/C25H24N2O5/c1-14(2)16-5-7-17(8-6-16)22-21(23(28)18-9-11-19(31-4)12-10-18)24(29)25(30)27(22)20-13-15(3)32-26-20/h5-14,22,28H,1-4H3/t22-/m0/s1. The average Bonchev–Trinajstić information content (AvgIpc) is 3.34. The summed E-state index contributed by atoms with van der Waals surface area (Å²) >= 11 is 0. The van der Waals surface area contributed by atoms with Crippen molar-refractivity contribution in [2.75, 3.05) is 12.0 Å². The molecule has 7 heteroatoms. The minimum Gasteiger partial charge on any atom is -0.507 e. The van der Waals surface area contributed by atoms with E-state index in [4.69, 9.17) is 9.26 Å². The summed E-state index contributed by atoms with van der Waals surface area (Å²) in [5.41, 5.74) is 2.21. The Labute approximate surface area is 185 Å². The maximum atomic E-state index is 13.1. The number of Topliss-reactive ketones (excluding diaryl/α,β-unsaturated/α-hetero) is 1. The van der Waals surface area contributed by atoms with E-state index in [1.807, 2.05) is 24.3 Å². The number of ketones is 1. The van der Waals surface area contributed by atoms with E-state index in [2.05, 4.69) is 19.0 Å². The Morgan fingerprint density at radius 1 is 1.09 bits per heavy atom. The van der Waals surface area contributed by atoms with Crippen LogP contribution < -0.4 is 9.64 Å². The molecular weight excluding hydrogens is 408 g/mol. The van der Waals surface area contributed by atoms with Crippen molar-refractivity contribution in [2.24, 2.45) is 0 Å². The van der Waals surface area contributed by atoms with Gasteiger partial charge in [-0.15, -0.1) is 0 Å². The molecule has 0 radical (unpaired) electrons. The number of hydrogen-bond donors (Lipinski definition) is 1. The molecule has 2 heterocycles. The van der Waals surface area contributed by atoms with Gasteiger partial charge in [0.25, 0.3) is 5.78 Å². The molecule has 3 aromatic rings. The predicted molar refractivity (Wildman–Crippen MR) is 120 cm³/mol. The summed E-state index contributed by atoms with van der Waals surface area (Å²) in [5.74, 6) is -0.147. The van der Waals surface area contributed by atoms with E-state index in [0.29, 0.717) is 28.6 Å². The van der Waals surface area contributed by atoms with Crippen LogP contribution in [-0.4, -0.2) is 29.1 Å². The van der Waals surface area contributed by atoms with Crippen LogP contribution >= 0.6 is 0 Å². The Hall–Kier alpha value is -3.87. The third kappa shape index (κ3) is 3.66. The van der Waals surface area contributed by atoms with E-state index in [9.17, 15) is 14.7 Å². The van der Waals surface area contributed by atoms with E-state index in [1.165, 1.54) is 4.90 Å². The SMILES string of the molecule is COc1ccc(C(O)=C2C(=O)C(=O)N(c3cc(C)on3)[C@H]2c2ccc(C(C)C)cc2)cc1. The van der Waals surface area contributed by atoms with Crippen molar-refractivity contribution >= 4 is 23.3 Å². The first-order valence-electron chi connectivity index (χ1n) is 10.3. The molecule has 0 saturated carbocycles. The lowest BCUT2D eigenvalue weighted by atomic mass is 9.93. The third-order valence-corrected chi connectivity index (χ3v) is 5.59. The van der Waals surface area contributed by atoms with Gasteiger partial charge >= 0.3 is 5.91 Å². The summed E-state index contributed by atoms with van der Waals surface area (Å²) in [5, 5.41) is 15.1. The summed E-state index contributed by atoms with van der Waals surface area (Å²) in [7, 11) is 1.54. The number of aryl methyl sites for hydroxylation is 1. The summed E-state index contributed by atoms with van der Waals surface area (Å²) in [6.07, 6.45) is 0. The molecule has 0 bridgehead atoms. The topological polar surface area (TPSA) is 92.9 Å². The fourth-order valence-corrected chi connectivity index (χ4v) is 3.82. The van der Waals surface area contributed by atoms with Gasteiger partial charge < -0.3 is 14.4 Å². The maximum Gasteiger partial charge on any atom is 0.301 e. The number of benzene rings is 2. The monoisotopic (exact) mass is 432 g/mol. The number of aliphatic hydroxyl groups excluding tert-OH is 1. The van der Waals surface area contributed by atoms with Gasteiger partial charge in [0.1, 0.15) is 17.3 Å². The second kappa shape index (κ2) is 8.34. The minimum atomic E-state index is -0.845. The zero-order chi connectivity index (χ0) is 23.0. The molecule has 1 atom stereocenters. The first kappa shape index (κ1) is 21.4. The van der Waals surface area contributed by atoms with Crippen LogP contribution in [0, 0.1) is 6.92 Å². The van der Waals surface area contributed by atoms with Crippen molar-refractivity contribution in [3.8, 4) is 5.75 Å². The molecule has 0 spiro atoms. The normalized spacial score (nSPS) is 17.9. The second-order valence-corrected chi connectivity index (χ2v) is 8.01. The van der Waals surface area contributed by atoms with E-state index in [1.54, 1.807) is 44.4 Å². The van der Waals surface area contributed by atoms with Crippen LogP contribution in [-0.2, 0) is 9.59 Å². The number of nitrogens with zero attached hydrogens (tertiary/aromatic N) is 2. The van der Waals surface area contributed by atoms with Gasteiger partial charge in [-0.2, -0.15) is 0 Å². The molecule has 1 N–H and O–H groups in total. The molecule has 164 valence electrons. The zero-order valence-corrected chi connectivity index (χ0v) is 18.3. The van der Waals surface area contributed by atoms with Gasteiger partial charge in [-0.1, -0.05) is 43.3 Å². The lowest BCUT2D eigenvalue weighted by Crippen LogP contribution is -2.29. The van der Waals surface area contributed by atoms with Gasteiger partial charge in [0.2, 0.25) is 0 Å². The van der Waals surface area contributed by atoms with Crippen LogP contribution in [0.5, 0.6) is 5.75 Å². The lowest BCUT2D eigenvalue weighted by Gasteiger charge is -2.23. The summed E-state index contributed by atoms with van der Waals surface area (Å²) in [6, 6.07) is 15.0. The van der Waals surface area contributed by atoms with Crippen molar-refractivity contribution in [2.45, 2.75) is 32.7 Å². The largest absolute Gasteiger partial charge is 0.507 e. The quantitative estimate of drug-likeness (QED) is 0.356. The van der Waals surface area contributed by atoms with Crippen molar-refractivity contribution in [1.82, 2.24) is 5.16 Å². The van der Waals surface area contributed by atoms with Gasteiger partial charge in [0, 0.05) is 11.6 Å². The van der Waals surface area contributed by atoms with E-state index in [-0.39, 0.29) is 17.2 Å². The van der Waals surface area contributed by atoms with E-state index >= 15 is 0 Å². The lowest BCUT2D eigenvalue weighted by molar-refractivity contribution is -0.132. The fourth-order valence-electron chi connectivity index (χ4n) is 3.82. The number of rotatable bonds is 5. The van der Waals surface area contributed by atoms with Crippen LogP contribution in [0.3, 0.4) is 0 Å². The Balaban J connectivity index is 1.89. The highest BCUT2D eigenvalue weighted by atomic mass is 16.5. The number of anilines is 1. The van der Waals surface area contributed by atoms with Crippen molar-refractivity contribution in [1.29, 1.82) is 0 Å². The fraction of sp³-hybridized carbons (Fsp3) is 0.240. The van der Waals surface area contributed by atoms with Crippen molar-refractivity contribution in [3.63, 3.8) is 0 Å². The summed E-state index contributed by atoms with van der Waals surface area (Å²) in [6.45, 7) is 5.88. The molecule has 1 aliphatic rings. The highest BCUT2D eigenvalue weighted by Crippen LogP contribution is 2.42. The molecule has 1 aliphatic heterocycles. The first-order valence-corrected chi connectivity index (χ1v) is 10.3. The molecule has 1 fully saturated rings. The number of amides is 1. The number of hydrogen-bond acceptors (Lipinski definition) is 6. The molecule has 1 saturated heterocycles. The highest BCUT2D eigenvalue weighted by Gasteiger charge is 2.48. The smallest absolute Gasteiger partial charge is 0.301 e. The molecule has 2 aromatic carbocycles. The van der Waals surface area contributed by atoms with Crippen molar-refractivity contribution < 1.29 is 24.0 Å². The molecule has 1 aromatic heterocycles.